The van der Waals surface area contributed by atoms with Crippen molar-refractivity contribution in [3.05, 3.63) is 47.5 Å². The maximum absolute atomic E-state index is 12.1. The van der Waals surface area contributed by atoms with Gasteiger partial charge in [-0.25, -0.2) is 9.59 Å². The summed E-state index contributed by atoms with van der Waals surface area (Å²) in [5.74, 6) is -0.691. The van der Waals surface area contributed by atoms with Crippen LogP contribution in [0.5, 0.6) is 0 Å². The van der Waals surface area contributed by atoms with Gasteiger partial charge in [0.15, 0.2) is 0 Å². The van der Waals surface area contributed by atoms with Gasteiger partial charge >= 0.3 is 11.9 Å². The van der Waals surface area contributed by atoms with E-state index in [1.54, 1.807) is 12.1 Å². The molecule has 3 rings (SSSR count). The minimum Gasteiger partial charge on any atom is -0.462 e. The SMILES string of the molecule is O=C1OCCCCOC(=O)c2ccc1c1ccccc21. The predicted octanol–water partition coefficient (Wildman–Crippen LogP) is 2.95. The Bertz CT molecular complexity index is 617. The van der Waals surface area contributed by atoms with Crippen molar-refractivity contribution in [1.29, 1.82) is 0 Å². The molecule has 1 aliphatic rings. The number of cyclic esters (lactones) is 2. The van der Waals surface area contributed by atoms with Crippen LogP contribution in [0.1, 0.15) is 33.6 Å². The van der Waals surface area contributed by atoms with Crippen molar-refractivity contribution in [2.45, 2.75) is 12.8 Å². The maximum Gasteiger partial charge on any atom is 0.338 e. The molecule has 4 heteroatoms. The van der Waals surface area contributed by atoms with Gasteiger partial charge in [-0.15, -0.1) is 0 Å². The molecule has 0 spiro atoms. The molecule has 4 nitrogen and oxygen atoms in total. The van der Waals surface area contributed by atoms with Gasteiger partial charge in [-0.2, -0.15) is 0 Å². The number of benzene rings is 2. The maximum atomic E-state index is 12.1. The molecule has 1 aliphatic heterocycles. The summed E-state index contributed by atoms with van der Waals surface area (Å²) in [6.07, 6.45) is 1.37. The number of carbonyl (C=O) groups excluding carboxylic acids is 2. The number of fused-ring (bicyclic) bond motifs is 6. The third kappa shape index (κ3) is 2.25. The molecule has 0 saturated heterocycles. The summed E-state index contributed by atoms with van der Waals surface area (Å²) in [6.45, 7) is 0.679. The highest BCUT2D eigenvalue weighted by Gasteiger charge is 2.18. The Morgan fingerprint density at radius 3 is 1.60 bits per heavy atom. The van der Waals surface area contributed by atoms with Gasteiger partial charge < -0.3 is 9.47 Å². The second-order valence-electron chi connectivity index (χ2n) is 4.69. The molecule has 0 unspecified atom stereocenters. The van der Waals surface area contributed by atoms with Crippen molar-refractivity contribution >= 4 is 22.7 Å². The van der Waals surface area contributed by atoms with Crippen LogP contribution in [0, 0.1) is 0 Å². The van der Waals surface area contributed by atoms with Crippen LogP contribution < -0.4 is 0 Å². The van der Waals surface area contributed by atoms with Crippen molar-refractivity contribution < 1.29 is 19.1 Å². The van der Waals surface area contributed by atoms with Crippen molar-refractivity contribution in [2.24, 2.45) is 0 Å². The topological polar surface area (TPSA) is 52.6 Å². The van der Waals surface area contributed by atoms with Crippen LogP contribution in [0.25, 0.3) is 10.8 Å². The first-order chi connectivity index (χ1) is 9.77. The molecule has 0 atom stereocenters. The van der Waals surface area contributed by atoms with Crippen molar-refractivity contribution in [2.75, 3.05) is 13.2 Å². The van der Waals surface area contributed by atoms with Crippen molar-refractivity contribution in [1.82, 2.24) is 0 Å². The molecule has 20 heavy (non-hydrogen) atoms. The van der Waals surface area contributed by atoms with Gasteiger partial charge in [-0.1, -0.05) is 24.3 Å². The highest BCUT2D eigenvalue weighted by atomic mass is 16.5. The van der Waals surface area contributed by atoms with Crippen LogP contribution in [-0.2, 0) is 9.47 Å². The third-order valence-corrected chi connectivity index (χ3v) is 3.37. The minimum atomic E-state index is -0.346. The van der Waals surface area contributed by atoms with E-state index in [9.17, 15) is 9.59 Å². The molecule has 2 aromatic carbocycles. The molecule has 0 saturated carbocycles. The van der Waals surface area contributed by atoms with E-state index in [0.29, 0.717) is 48.0 Å². The normalized spacial score (nSPS) is 16.2. The summed E-state index contributed by atoms with van der Waals surface area (Å²) in [7, 11) is 0. The first-order valence-electron chi connectivity index (χ1n) is 6.63. The molecular formula is C16H14O4. The molecule has 0 N–H and O–H groups in total. The van der Waals surface area contributed by atoms with E-state index in [-0.39, 0.29) is 11.9 Å². The van der Waals surface area contributed by atoms with E-state index in [4.69, 9.17) is 9.47 Å². The molecule has 2 aromatic rings. The van der Waals surface area contributed by atoms with Gasteiger partial charge in [0, 0.05) is 0 Å². The standard InChI is InChI=1S/C16H14O4/c17-15-13-7-8-14(12-6-2-1-5-11(12)13)16(18)20-10-4-3-9-19-15/h1-2,5-8H,3-4,9-10H2. The monoisotopic (exact) mass is 270 g/mol. The van der Waals surface area contributed by atoms with E-state index in [0.717, 1.165) is 0 Å². The molecule has 0 aromatic heterocycles. The van der Waals surface area contributed by atoms with Crippen LogP contribution in [0.3, 0.4) is 0 Å². The number of carbonyl (C=O) groups is 2. The Morgan fingerprint density at radius 1 is 0.700 bits per heavy atom. The molecule has 0 fully saturated rings. The summed E-state index contributed by atoms with van der Waals surface area (Å²) in [4.78, 5) is 24.2. The van der Waals surface area contributed by atoms with Gasteiger partial charge in [-0.05, 0) is 35.7 Å². The molecule has 1 heterocycles. The Kier molecular flexibility index (Phi) is 3.37. The average molecular weight is 270 g/mol. The lowest BCUT2D eigenvalue weighted by atomic mass is 9.99. The summed E-state index contributed by atoms with van der Waals surface area (Å²) in [6, 6.07) is 10.6. The zero-order valence-corrected chi connectivity index (χ0v) is 10.9. The molecule has 0 amide bonds. The van der Waals surface area contributed by atoms with E-state index >= 15 is 0 Å². The first kappa shape index (κ1) is 12.7. The number of ether oxygens (including phenoxy) is 2. The highest BCUT2D eigenvalue weighted by molar-refractivity contribution is 6.11. The number of rotatable bonds is 0. The van der Waals surface area contributed by atoms with Crippen LogP contribution >= 0.6 is 0 Å². The Morgan fingerprint density at radius 2 is 1.15 bits per heavy atom. The fourth-order valence-electron chi connectivity index (χ4n) is 2.34. The lowest BCUT2D eigenvalue weighted by Crippen LogP contribution is -2.13. The summed E-state index contributed by atoms with van der Waals surface area (Å²) >= 11 is 0. The summed E-state index contributed by atoms with van der Waals surface area (Å²) in [5.41, 5.74) is 0.968. The van der Waals surface area contributed by atoms with E-state index in [1.165, 1.54) is 0 Å². The smallest absolute Gasteiger partial charge is 0.338 e. The van der Waals surface area contributed by atoms with Crippen LogP contribution in [0.15, 0.2) is 36.4 Å². The molecule has 102 valence electrons. The van der Waals surface area contributed by atoms with Gasteiger partial charge in [0.1, 0.15) is 0 Å². The Balaban J connectivity index is 2.21. The number of esters is 2. The van der Waals surface area contributed by atoms with E-state index in [1.807, 2.05) is 24.3 Å². The van der Waals surface area contributed by atoms with Gasteiger partial charge in [0.25, 0.3) is 0 Å². The molecular weight excluding hydrogens is 256 g/mol. The van der Waals surface area contributed by atoms with Gasteiger partial charge in [0.05, 0.1) is 24.3 Å². The van der Waals surface area contributed by atoms with E-state index in [2.05, 4.69) is 0 Å². The second kappa shape index (κ2) is 5.33. The minimum absolute atomic E-state index is 0.340. The second-order valence-corrected chi connectivity index (χ2v) is 4.69. The fraction of sp³-hybridized carbons (Fsp3) is 0.250. The van der Waals surface area contributed by atoms with Crippen LogP contribution in [0.4, 0.5) is 0 Å². The zero-order chi connectivity index (χ0) is 13.9. The highest BCUT2D eigenvalue weighted by Crippen LogP contribution is 2.24. The molecule has 0 radical (unpaired) electrons. The summed E-state index contributed by atoms with van der Waals surface area (Å²) < 4.78 is 10.5. The van der Waals surface area contributed by atoms with Gasteiger partial charge in [0.2, 0.25) is 0 Å². The average Bonchev–Trinajstić information content (AvgIpc) is 2.47. The zero-order valence-electron chi connectivity index (χ0n) is 10.9. The lowest BCUT2D eigenvalue weighted by molar-refractivity contribution is 0.0430. The fourth-order valence-corrected chi connectivity index (χ4v) is 2.34. The number of hydrogen-bond donors (Lipinski definition) is 0. The lowest BCUT2D eigenvalue weighted by Gasteiger charge is -2.13. The van der Waals surface area contributed by atoms with Crippen molar-refractivity contribution in [3.8, 4) is 0 Å². The number of hydrogen-bond acceptors (Lipinski definition) is 4. The van der Waals surface area contributed by atoms with Crippen LogP contribution in [-0.4, -0.2) is 25.2 Å². The molecule has 0 aliphatic carbocycles. The summed E-state index contributed by atoms with van der Waals surface area (Å²) in [5, 5.41) is 1.43. The first-order valence-corrected chi connectivity index (χ1v) is 6.63. The predicted molar refractivity (Wildman–Crippen MR) is 73.7 cm³/mol. The Hall–Kier alpha value is -2.36. The quantitative estimate of drug-likeness (QED) is 0.691. The third-order valence-electron chi connectivity index (χ3n) is 3.37. The molecule has 2 bridgehead atoms. The van der Waals surface area contributed by atoms with Crippen LogP contribution in [0.2, 0.25) is 0 Å². The van der Waals surface area contributed by atoms with Crippen molar-refractivity contribution in [3.63, 3.8) is 0 Å². The Labute approximate surface area is 116 Å². The largest absolute Gasteiger partial charge is 0.462 e. The van der Waals surface area contributed by atoms with Gasteiger partial charge in [-0.3, -0.25) is 0 Å². The van der Waals surface area contributed by atoms with E-state index < -0.39 is 0 Å².